The minimum Gasteiger partial charge on any atom is -0.497 e. The zero-order valence-electron chi connectivity index (χ0n) is 12.3. The van der Waals surface area contributed by atoms with Crippen molar-refractivity contribution in [2.24, 2.45) is 0 Å². The number of aromatic nitrogens is 2. The molecule has 1 aliphatic heterocycles. The van der Waals surface area contributed by atoms with Gasteiger partial charge in [0.15, 0.2) is 5.82 Å². The van der Waals surface area contributed by atoms with Crippen molar-refractivity contribution in [2.75, 3.05) is 20.2 Å². The van der Waals surface area contributed by atoms with E-state index in [4.69, 9.17) is 14.0 Å². The van der Waals surface area contributed by atoms with Crippen LogP contribution in [0.4, 0.5) is 0 Å². The highest BCUT2D eigenvalue weighted by Crippen LogP contribution is 2.18. The first-order valence-electron chi connectivity index (χ1n) is 6.96. The Kier molecular flexibility index (Phi) is 3.90. The number of hydrogen-bond donors (Lipinski definition) is 1. The minimum atomic E-state index is -0.107. The quantitative estimate of drug-likeness (QED) is 0.870. The highest BCUT2D eigenvalue weighted by molar-refractivity contribution is 5.28. The van der Waals surface area contributed by atoms with Crippen LogP contribution in [0.1, 0.15) is 24.2 Å². The average Bonchev–Trinajstić information content (AvgIpc) is 2.91. The fourth-order valence-corrected chi connectivity index (χ4v) is 2.16. The molecule has 1 aromatic carbocycles. The second-order valence-electron chi connectivity index (χ2n) is 5.47. The summed E-state index contributed by atoms with van der Waals surface area (Å²) in [6, 6.07) is 7.83. The predicted octanol–water partition coefficient (Wildman–Crippen LogP) is 1.55. The predicted molar refractivity (Wildman–Crippen MR) is 76.2 cm³/mol. The van der Waals surface area contributed by atoms with Crippen LogP contribution in [-0.2, 0) is 17.8 Å². The van der Waals surface area contributed by atoms with Gasteiger partial charge in [-0.2, -0.15) is 4.98 Å². The lowest BCUT2D eigenvalue weighted by atomic mass is 10.0. The molecule has 6 nitrogen and oxygen atoms in total. The number of methoxy groups -OCH3 is 1. The van der Waals surface area contributed by atoms with Gasteiger partial charge in [0.25, 0.3) is 5.89 Å². The molecule has 1 N–H and O–H groups in total. The van der Waals surface area contributed by atoms with Crippen LogP contribution in [0.2, 0.25) is 0 Å². The van der Waals surface area contributed by atoms with Gasteiger partial charge in [-0.15, -0.1) is 0 Å². The smallest absolute Gasteiger partial charge is 0.252 e. The Morgan fingerprint density at radius 3 is 2.67 bits per heavy atom. The Hall–Kier alpha value is -1.92. The SMILES string of the molecule is COc1ccc(Cc2noc(COC3(C)CNC3)n2)cc1. The van der Waals surface area contributed by atoms with Gasteiger partial charge < -0.3 is 19.3 Å². The van der Waals surface area contributed by atoms with E-state index in [2.05, 4.69) is 22.4 Å². The number of benzene rings is 1. The van der Waals surface area contributed by atoms with Crippen molar-refractivity contribution in [3.8, 4) is 5.75 Å². The Morgan fingerprint density at radius 2 is 2.05 bits per heavy atom. The van der Waals surface area contributed by atoms with Crippen molar-refractivity contribution in [3.05, 3.63) is 41.5 Å². The van der Waals surface area contributed by atoms with Gasteiger partial charge in [0.1, 0.15) is 12.4 Å². The van der Waals surface area contributed by atoms with Gasteiger partial charge in [-0.1, -0.05) is 17.3 Å². The van der Waals surface area contributed by atoms with Gasteiger partial charge in [0.2, 0.25) is 0 Å². The minimum absolute atomic E-state index is 0.107. The summed E-state index contributed by atoms with van der Waals surface area (Å²) in [7, 11) is 1.65. The topological polar surface area (TPSA) is 69.4 Å². The maximum atomic E-state index is 5.77. The van der Waals surface area contributed by atoms with Gasteiger partial charge in [-0.05, 0) is 24.6 Å². The zero-order chi connectivity index (χ0) is 14.7. The van der Waals surface area contributed by atoms with Crippen molar-refractivity contribution in [3.63, 3.8) is 0 Å². The van der Waals surface area contributed by atoms with E-state index in [0.717, 1.165) is 24.4 Å². The van der Waals surface area contributed by atoms with Crippen molar-refractivity contribution in [1.82, 2.24) is 15.5 Å². The highest BCUT2D eigenvalue weighted by Gasteiger charge is 2.32. The molecule has 6 heteroatoms. The van der Waals surface area contributed by atoms with E-state index >= 15 is 0 Å². The van der Waals surface area contributed by atoms with Crippen LogP contribution in [0.15, 0.2) is 28.8 Å². The van der Waals surface area contributed by atoms with Crippen LogP contribution in [0.25, 0.3) is 0 Å². The second-order valence-corrected chi connectivity index (χ2v) is 5.47. The van der Waals surface area contributed by atoms with E-state index in [1.165, 1.54) is 0 Å². The molecule has 2 heterocycles. The first-order chi connectivity index (χ1) is 10.2. The summed E-state index contributed by atoms with van der Waals surface area (Å²) in [5.74, 6) is 2.02. The van der Waals surface area contributed by atoms with Crippen molar-refractivity contribution in [2.45, 2.75) is 25.6 Å². The molecule has 1 saturated heterocycles. The molecule has 1 fully saturated rings. The molecule has 0 amide bonds. The first-order valence-corrected chi connectivity index (χ1v) is 6.96. The lowest BCUT2D eigenvalue weighted by Gasteiger charge is -2.38. The molecule has 112 valence electrons. The van der Waals surface area contributed by atoms with E-state index in [9.17, 15) is 0 Å². The van der Waals surface area contributed by atoms with Crippen molar-refractivity contribution < 1.29 is 14.0 Å². The van der Waals surface area contributed by atoms with Gasteiger partial charge in [-0.3, -0.25) is 0 Å². The summed E-state index contributed by atoms with van der Waals surface area (Å²) in [6.07, 6.45) is 0.631. The van der Waals surface area contributed by atoms with E-state index < -0.39 is 0 Å². The van der Waals surface area contributed by atoms with E-state index in [1.54, 1.807) is 7.11 Å². The average molecular weight is 289 g/mol. The van der Waals surface area contributed by atoms with Crippen LogP contribution < -0.4 is 10.1 Å². The molecule has 0 atom stereocenters. The molecular weight excluding hydrogens is 270 g/mol. The van der Waals surface area contributed by atoms with Crippen molar-refractivity contribution in [1.29, 1.82) is 0 Å². The van der Waals surface area contributed by atoms with Gasteiger partial charge in [0.05, 0.1) is 12.7 Å². The third-order valence-electron chi connectivity index (χ3n) is 3.57. The fraction of sp³-hybridized carbons (Fsp3) is 0.467. The zero-order valence-corrected chi connectivity index (χ0v) is 12.3. The largest absolute Gasteiger partial charge is 0.497 e. The molecule has 21 heavy (non-hydrogen) atoms. The second kappa shape index (κ2) is 5.83. The summed E-state index contributed by atoms with van der Waals surface area (Å²) in [6.45, 7) is 4.14. The van der Waals surface area contributed by atoms with E-state index in [0.29, 0.717) is 24.7 Å². The Bertz CT molecular complexity index is 590. The molecule has 1 aromatic heterocycles. The van der Waals surface area contributed by atoms with Crippen molar-refractivity contribution >= 4 is 0 Å². The summed E-state index contributed by atoms with van der Waals surface area (Å²) < 4.78 is 16.1. The Balaban J connectivity index is 1.56. The third-order valence-corrected chi connectivity index (χ3v) is 3.57. The molecule has 0 saturated carbocycles. The van der Waals surface area contributed by atoms with Crippen LogP contribution >= 0.6 is 0 Å². The normalized spacial score (nSPS) is 16.5. The lowest BCUT2D eigenvalue weighted by Crippen LogP contribution is -2.58. The molecule has 1 aliphatic rings. The standard InChI is InChI=1S/C15H19N3O3/c1-15(9-16-10-15)20-8-14-17-13(18-21-14)7-11-3-5-12(19-2)6-4-11/h3-6,16H,7-10H2,1-2H3. The fourth-order valence-electron chi connectivity index (χ4n) is 2.16. The molecule has 0 aliphatic carbocycles. The number of hydrogen-bond acceptors (Lipinski definition) is 6. The maximum absolute atomic E-state index is 5.77. The van der Waals surface area contributed by atoms with E-state index in [1.807, 2.05) is 24.3 Å². The molecular formula is C15H19N3O3. The van der Waals surface area contributed by atoms with Gasteiger partial charge in [0, 0.05) is 19.5 Å². The summed E-state index contributed by atoms with van der Waals surface area (Å²) in [5, 5.41) is 7.17. The highest BCUT2D eigenvalue weighted by atomic mass is 16.5. The van der Waals surface area contributed by atoms with Crippen LogP contribution in [0.3, 0.4) is 0 Å². The van der Waals surface area contributed by atoms with Crippen LogP contribution in [-0.4, -0.2) is 35.9 Å². The molecule has 0 bridgehead atoms. The number of nitrogens with one attached hydrogen (secondary N) is 1. The number of nitrogens with zero attached hydrogens (tertiary/aromatic N) is 2. The van der Waals surface area contributed by atoms with Crippen LogP contribution in [0.5, 0.6) is 5.75 Å². The first kappa shape index (κ1) is 14.0. The van der Waals surface area contributed by atoms with Gasteiger partial charge in [-0.25, -0.2) is 0 Å². The molecule has 0 unspecified atom stereocenters. The number of ether oxygens (including phenoxy) is 2. The molecule has 3 rings (SSSR count). The Labute approximate surface area is 123 Å². The molecule has 0 radical (unpaired) electrons. The third kappa shape index (κ3) is 3.40. The molecule has 2 aromatic rings. The maximum Gasteiger partial charge on any atom is 0.252 e. The Morgan fingerprint density at radius 1 is 1.29 bits per heavy atom. The van der Waals surface area contributed by atoms with E-state index in [-0.39, 0.29) is 5.60 Å². The summed E-state index contributed by atoms with van der Waals surface area (Å²) in [5.41, 5.74) is 1.00. The van der Waals surface area contributed by atoms with Crippen LogP contribution in [0, 0.1) is 0 Å². The summed E-state index contributed by atoms with van der Waals surface area (Å²) in [4.78, 5) is 4.36. The number of rotatable bonds is 6. The monoisotopic (exact) mass is 289 g/mol. The lowest BCUT2D eigenvalue weighted by molar-refractivity contribution is -0.0841. The van der Waals surface area contributed by atoms with Gasteiger partial charge >= 0.3 is 0 Å². The molecule has 0 spiro atoms. The summed E-state index contributed by atoms with van der Waals surface area (Å²) >= 11 is 0.